The van der Waals surface area contributed by atoms with Crippen molar-refractivity contribution < 1.29 is 0 Å². The zero-order valence-corrected chi connectivity index (χ0v) is 8.78. The Morgan fingerprint density at radius 1 is 1.25 bits per heavy atom. The van der Waals surface area contributed by atoms with Crippen molar-refractivity contribution in [2.45, 2.75) is 41.0 Å². The Morgan fingerprint density at radius 3 is 2.17 bits per heavy atom. The summed E-state index contributed by atoms with van der Waals surface area (Å²) in [6.07, 6.45) is 3.29. The lowest BCUT2D eigenvalue weighted by molar-refractivity contribution is 0.410. The SMILES string of the molecule is Cc1[nH]cc(CC(C)(C)C)c1C. The Bertz CT molecular complexity index is 263. The highest BCUT2D eigenvalue weighted by Crippen LogP contribution is 2.23. The largest absolute Gasteiger partial charge is 0.365 e. The summed E-state index contributed by atoms with van der Waals surface area (Å²) in [5, 5.41) is 0. The third-order valence-corrected chi connectivity index (χ3v) is 2.23. The van der Waals surface area contributed by atoms with E-state index in [1.165, 1.54) is 16.8 Å². The van der Waals surface area contributed by atoms with Crippen LogP contribution in [0, 0.1) is 19.3 Å². The van der Waals surface area contributed by atoms with E-state index in [-0.39, 0.29) is 0 Å². The van der Waals surface area contributed by atoms with E-state index in [0.717, 1.165) is 6.42 Å². The lowest BCUT2D eigenvalue weighted by Crippen LogP contribution is -2.09. The number of hydrogen-bond acceptors (Lipinski definition) is 0. The van der Waals surface area contributed by atoms with Gasteiger partial charge in [-0.05, 0) is 36.8 Å². The molecule has 68 valence electrons. The Morgan fingerprint density at radius 2 is 1.83 bits per heavy atom. The molecule has 0 unspecified atom stereocenters. The van der Waals surface area contributed by atoms with Gasteiger partial charge >= 0.3 is 0 Å². The van der Waals surface area contributed by atoms with E-state index in [9.17, 15) is 0 Å². The molecule has 0 aliphatic heterocycles. The molecular formula is C11H19N. The van der Waals surface area contributed by atoms with Gasteiger partial charge in [0.05, 0.1) is 0 Å². The van der Waals surface area contributed by atoms with Crippen molar-refractivity contribution >= 4 is 0 Å². The monoisotopic (exact) mass is 165 g/mol. The molecular weight excluding hydrogens is 146 g/mol. The van der Waals surface area contributed by atoms with Crippen molar-refractivity contribution in [1.82, 2.24) is 4.98 Å². The van der Waals surface area contributed by atoms with Crippen molar-refractivity contribution in [3.63, 3.8) is 0 Å². The van der Waals surface area contributed by atoms with E-state index >= 15 is 0 Å². The normalized spacial score (nSPS) is 12.1. The van der Waals surface area contributed by atoms with Gasteiger partial charge in [0, 0.05) is 11.9 Å². The van der Waals surface area contributed by atoms with Crippen molar-refractivity contribution in [1.29, 1.82) is 0 Å². The van der Waals surface area contributed by atoms with Crippen LogP contribution in [0.4, 0.5) is 0 Å². The summed E-state index contributed by atoms with van der Waals surface area (Å²) in [7, 11) is 0. The molecule has 0 bridgehead atoms. The van der Waals surface area contributed by atoms with Crippen LogP contribution in [0.2, 0.25) is 0 Å². The van der Waals surface area contributed by atoms with Gasteiger partial charge in [0.1, 0.15) is 0 Å². The van der Waals surface area contributed by atoms with Crippen molar-refractivity contribution in [3.8, 4) is 0 Å². The molecule has 0 fully saturated rings. The van der Waals surface area contributed by atoms with E-state index in [2.05, 4.69) is 45.8 Å². The first-order valence-corrected chi connectivity index (χ1v) is 4.53. The Labute approximate surface area is 75.2 Å². The summed E-state index contributed by atoms with van der Waals surface area (Å²) in [4.78, 5) is 3.26. The Kier molecular flexibility index (Phi) is 2.31. The Hall–Kier alpha value is -0.720. The summed E-state index contributed by atoms with van der Waals surface area (Å²) in [5.74, 6) is 0. The molecule has 0 aliphatic carbocycles. The third kappa shape index (κ3) is 2.13. The molecule has 1 nitrogen and oxygen atoms in total. The van der Waals surface area contributed by atoms with E-state index in [1.807, 2.05) is 0 Å². The maximum Gasteiger partial charge on any atom is 0.0148 e. The fraction of sp³-hybridized carbons (Fsp3) is 0.636. The fourth-order valence-corrected chi connectivity index (χ4v) is 1.41. The topological polar surface area (TPSA) is 15.8 Å². The second-order valence-corrected chi connectivity index (χ2v) is 4.80. The number of H-pyrrole nitrogens is 1. The summed E-state index contributed by atoms with van der Waals surface area (Å²) in [6, 6.07) is 0. The van der Waals surface area contributed by atoms with Crippen molar-refractivity contribution in [3.05, 3.63) is 23.0 Å². The molecule has 0 saturated carbocycles. The molecule has 0 amide bonds. The van der Waals surface area contributed by atoms with Crippen LogP contribution in [0.15, 0.2) is 6.20 Å². The fourth-order valence-electron chi connectivity index (χ4n) is 1.41. The maximum absolute atomic E-state index is 3.26. The zero-order chi connectivity index (χ0) is 9.35. The number of hydrogen-bond donors (Lipinski definition) is 1. The van der Waals surface area contributed by atoms with Gasteiger partial charge in [-0.2, -0.15) is 0 Å². The summed E-state index contributed by atoms with van der Waals surface area (Å²) >= 11 is 0. The lowest BCUT2D eigenvalue weighted by Gasteiger charge is -2.17. The van der Waals surface area contributed by atoms with Gasteiger partial charge in [-0.15, -0.1) is 0 Å². The average molecular weight is 165 g/mol. The van der Waals surface area contributed by atoms with Crippen LogP contribution in [0.3, 0.4) is 0 Å². The second-order valence-electron chi connectivity index (χ2n) is 4.80. The minimum atomic E-state index is 0.388. The van der Waals surface area contributed by atoms with Gasteiger partial charge in [0.2, 0.25) is 0 Å². The number of aryl methyl sites for hydroxylation is 1. The smallest absolute Gasteiger partial charge is 0.0148 e. The quantitative estimate of drug-likeness (QED) is 0.657. The van der Waals surface area contributed by atoms with Gasteiger partial charge < -0.3 is 4.98 Å². The zero-order valence-electron chi connectivity index (χ0n) is 8.78. The molecule has 0 radical (unpaired) electrons. The van der Waals surface area contributed by atoms with E-state index < -0.39 is 0 Å². The van der Waals surface area contributed by atoms with Crippen LogP contribution in [0.1, 0.15) is 37.6 Å². The molecule has 0 saturated heterocycles. The summed E-state index contributed by atoms with van der Waals surface area (Å²) in [5.41, 5.74) is 4.57. The van der Waals surface area contributed by atoms with Crippen LogP contribution in [0.25, 0.3) is 0 Å². The minimum absolute atomic E-state index is 0.388. The lowest BCUT2D eigenvalue weighted by atomic mass is 9.88. The standard InChI is InChI=1S/C11H19N/c1-8-9(2)12-7-10(8)6-11(3,4)5/h7,12H,6H2,1-5H3. The predicted molar refractivity (Wildman–Crippen MR) is 53.4 cm³/mol. The molecule has 1 rings (SSSR count). The van der Waals surface area contributed by atoms with Crippen molar-refractivity contribution in [2.75, 3.05) is 0 Å². The number of nitrogens with one attached hydrogen (secondary N) is 1. The molecule has 1 heterocycles. The second kappa shape index (κ2) is 2.96. The van der Waals surface area contributed by atoms with Gasteiger partial charge in [0.15, 0.2) is 0 Å². The van der Waals surface area contributed by atoms with Gasteiger partial charge in [-0.1, -0.05) is 20.8 Å². The summed E-state index contributed by atoms with van der Waals surface area (Å²) in [6.45, 7) is 11.1. The highest BCUT2D eigenvalue weighted by Gasteiger charge is 2.13. The molecule has 1 aromatic rings. The van der Waals surface area contributed by atoms with Crippen LogP contribution in [-0.4, -0.2) is 4.98 Å². The van der Waals surface area contributed by atoms with E-state index in [1.54, 1.807) is 0 Å². The highest BCUT2D eigenvalue weighted by atomic mass is 14.7. The summed E-state index contributed by atoms with van der Waals surface area (Å²) < 4.78 is 0. The van der Waals surface area contributed by atoms with E-state index in [4.69, 9.17) is 0 Å². The van der Waals surface area contributed by atoms with Gasteiger partial charge in [-0.25, -0.2) is 0 Å². The minimum Gasteiger partial charge on any atom is -0.365 e. The van der Waals surface area contributed by atoms with Gasteiger partial charge in [0.25, 0.3) is 0 Å². The number of rotatable bonds is 1. The highest BCUT2D eigenvalue weighted by molar-refractivity contribution is 5.29. The molecule has 0 spiro atoms. The molecule has 1 N–H and O–H groups in total. The number of aromatic amines is 1. The first kappa shape index (κ1) is 9.37. The first-order valence-electron chi connectivity index (χ1n) is 4.53. The first-order chi connectivity index (χ1) is 5.40. The molecule has 0 aromatic carbocycles. The number of aromatic nitrogens is 1. The Balaban J connectivity index is 2.83. The molecule has 12 heavy (non-hydrogen) atoms. The van der Waals surface area contributed by atoms with Gasteiger partial charge in [-0.3, -0.25) is 0 Å². The van der Waals surface area contributed by atoms with Crippen LogP contribution >= 0.6 is 0 Å². The molecule has 1 aromatic heterocycles. The van der Waals surface area contributed by atoms with Crippen LogP contribution < -0.4 is 0 Å². The van der Waals surface area contributed by atoms with Crippen LogP contribution in [-0.2, 0) is 6.42 Å². The third-order valence-electron chi connectivity index (χ3n) is 2.23. The van der Waals surface area contributed by atoms with Crippen molar-refractivity contribution in [2.24, 2.45) is 5.41 Å². The molecule has 1 heteroatoms. The molecule has 0 atom stereocenters. The molecule has 0 aliphatic rings. The van der Waals surface area contributed by atoms with Crippen LogP contribution in [0.5, 0.6) is 0 Å². The maximum atomic E-state index is 3.26. The average Bonchev–Trinajstić information content (AvgIpc) is 2.16. The predicted octanol–water partition coefficient (Wildman–Crippen LogP) is 3.22. The van der Waals surface area contributed by atoms with E-state index in [0.29, 0.717) is 5.41 Å².